The molecule has 0 atom stereocenters. The van der Waals surface area contributed by atoms with Gasteiger partial charge < -0.3 is 0 Å². The van der Waals surface area contributed by atoms with Gasteiger partial charge in [0, 0.05) is 16.3 Å². The summed E-state index contributed by atoms with van der Waals surface area (Å²) in [7, 11) is -3.21. The van der Waals surface area contributed by atoms with Gasteiger partial charge in [-0.1, -0.05) is 59.6 Å². The predicted octanol–water partition coefficient (Wildman–Crippen LogP) is 5.73. The van der Waals surface area contributed by atoms with Gasteiger partial charge in [-0.2, -0.15) is 0 Å². The van der Waals surface area contributed by atoms with E-state index in [1.54, 1.807) is 30.3 Å². The largest absolute Gasteiger partial charge is 0.224 e. The lowest BCUT2D eigenvalue weighted by molar-refractivity contribution is 0.602. The van der Waals surface area contributed by atoms with Crippen molar-refractivity contribution in [3.05, 3.63) is 76.8 Å². The Morgan fingerprint density at radius 3 is 1.71 bits per heavy atom. The first-order valence-corrected chi connectivity index (χ1v) is 9.85. The third-order valence-corrected chi connectivity index (χ3v) is 5.26. The highest BCUT2D eigenvalue weighted by atomic mass is 35.5. The zero-order chi connectivity index (χ0) is 17.3. The molecule has 5 heteroatoms. The van der Waals surface area contributed by atoms with Crippen molar-refractivity contribution < 1.29 is 8.42 Å². The van der Waals surface area contributed by atoms with E-state index in [9.17, 15) is 8.42 Å². The quantitative estimate of drug-likeness (QED) is 0.584. The van der Waals surface area contributed by atoms with Gasteiger partial charge in [-0.3, -0.25) is 0 Å². The first kappa shape index (κ1) is 17.0. The third kappa shape index (κ3) is 3.64. The van der Waals surface area contributed by atoms with Crippen molar-refractivity contribution in [2.45, 2.75) is 4.90 Å². The zero-order valence-corrected chi connectivity index (χ0v) is 15.2. The summed E-state index contributed by atoms with van der Waals surface area (Å²) in [6, 6.07) is 20.1. The fourth-order valence-electron chi connectivity index (χ4n) is 2.58. The average molecular weight is 377 g/mol. The van der Waals surface area contributed by atoms with Gasteiger partial charge in [-0.05, 0) is 52.6 Å². The van der Waals surface area contributed by atoms with E-state index < -0.39 is 9.84 Å². The van der Waals surface area contributed by atoms with Crippen molar-refractivity contribution in [2.75, 3.05) is 6.26 Å². The fraction of sp³-hybridized carbons (Fsp3) is 0.0526. The molecule has 0 radical (unpaired) electrons. The SMILES string of the molecule is CS(=O)(=O)c1ccc(-c2ccccc2-c2cc(Cl)cc(Cl)c2)cc1. The molecule has 24 heavy (non-hydrogen) atoms. The van der Waals surface area contributed by atoms with E-state index in [1.807, 2.05) is 36.4 Å². The predicted molar refractivity (Wildman–Crippen MR) is 100 cm³/mol. The van der Waals surface area contributed by atoms with E-state index >= 15 is 0 Å². The Labute approximate surface area is 151 Å². The maximum absolute atomic E-state index is 11.6. The van der Waals surface area contributed by atoms with Crippen LogP contribution >= 0.6 is 23.2 Å². The molecule has 0 bridgehead atoms. The molecule has 0 amide bonds. The highest BCUT2D eigenvalue weighted by Gasteiger charge is 2.11. The minimum absolute atomic E-state index is 0.300. The standard InChI is InChI=1S/C19H14Cl2O2S/c1-24(22,23)17-8-6-13(7-9-17)18-4-2-3-5-19(18)14-10-15(20)12-16(21)11-14/h2-12H,1H3. The van der Waals surface area contributed by atoms with E-state index in [0.717, 1.165) is 22.3 Å². The van der Waals surface area contributed by atoms with Gasteiger partial charge in [0.05, 0.1) is 4.90 Å². The summed E-state index contributed by atoms with van der Waals surface area (Å²) < 4.78 is 23.2. The first-order chi connectivity index (χ1) is 11.3. The van der Waals surface area contributed by atoms with Gasteiger partial charge >= 0.3 is 0 Å². The molecule has 0 fully saturated rings. The maximum Gasteiger partial charge on any atom is 0.175 e. The number of benzene rings is 3. The normalized spacial score (nSPS) is 11.5. The van der Waals surface area contributed by atoms with Crippen LogP contribution in [0.25, 0.3) is 22.3 Å². The average Bonchev–Trinajstić information content (AvgIpc) is 2.53. The van der Waals surface area contributed by atoms with Crippen LogP contribution in [0.2, 0.25) is 10.0 Å². The topological polar surface area (TPSA) is 34.1 Å². The molecule has 0 heterocycles. The van der Waals surface area contributed by atoms with Crippen LogP contribution in [0, 0.1) is 0 Å². The van der Waals surface area contributed by atoms with Crippen LogP contribution in [0.3, 0.4) is 0 Å². The summed E-state index contributed by atoms with van der Waals surface area (Å²) in [6.07, 6.45) is 1.20. The number of sulfone groups is 1. The van der Waals surface area contributed by atoms with Gasteiger partial charge in [0.25, 0.3) is 0 Å². The molecule has 3 rings (SSSR count). The Bertz CT molecular complexity index is 974. The van der Waals surface area contributed by atoms with Crippen molar-refractivity contribution in [1.82, 2.24) is 0 Å². The van der Waals surface area contributed by atoms with Crippen LogP contribution in [0.4, 0.5) is 0 Å². The van der Waals surface area contributed by atoms with Crippen LogP contribution in [-0.2, 0) is 9.84 Å². The summed E-state index contributed by atoms with van der Waals surface area (Å²) in [4.78, 5) is 0.300. The number of rotatable bonds is 3. The Hall–Kier alpha value is -1.81. The fourth-order valence-corrected chi connectivity index (χ4v) is 3.73. The maximum atomic E-state index is 11.6. The molecule has 0 N–H and O–H groups in total. The van der Waals surface area contributed by atoms with Gasteiger partial charge in [0.2, 0.25) is 0 Å². The zero-order valence-electron chi connectivity index (χ0n) is 12.8. The van der Waals surface area contributed by atoms with E-state index in [2.05, 4.69) is 0 Å². The van der Waals surface area contributed by atoms with Crippen molar-refractivity contribution in [2.24, 2.45) is 0 Å². The molecule has 0 aliphatic carbocycles. The lowest BCUT2D eigenvalue weighted by Gasteiger charge is -2.11. The summed E-state index contributed by atoms with van der Waals surface area (Å²) >= 11 is 12.2. The van der Waals surface area contributed by atoms with Crippen molar-refractivity contribution in [3.63, 3.8) is 0 Å². The third-order valence-electron chi connectivity index (χ3n) is 3.69. The minimum Gasteiger partial charge on any atom is -0.224 e. The second kappa shape index (κ2) is 6.60. The highest BCUT2D eigenvalue weighted by molar-refractivity contribution is 7.90. The first-order valence-electron chi connectivity index (χ1n) is 7.20. The van der Waals surface area contributed by atoms with Gasteiger partial charge in [-0.25, -0.2) is 8.42 Å². The molecule has 0 aromatic heterocycles. The molecule has 122 valence electrons. The van der Waals surface area contributed by atoms with Gasteiger partial charge in [0.15, 0.2) is 9.84 Å². The smallest absolute Gasteiger partial charge is 0.175 e. The van der Waals surface area contributed by atoms with Crippen molar-refractivity contribution in [1.29, 1.82) is 0 Å². The molecule has 2 nitrogen and oxygen atoms in total. The van der Waals surface area contributed by atoms with E-state index in [1.165, 1.54) is 6.26 Å². The van der Waals surface area contributed by atoms with Crippen LogP contribution in [-0.4, -0.2) is 14.7 Å². The van der Waals surface area contributed by atoms with Crippen molar-refractivity contribution in [3.8, 4) is 22.3 Å². The Balaban J connectivity index is 2.13. The number of hydrogen-bond donors (Lipinski definition) is 0. The van der Waals surface area contributed by atoms with Crippen LogP contribution in [0.1, 0.15) is 0 Å². The molecule has 0 saturated heterocycles. The summed E-state index contributed by atoms with van der Waals surface area (Å²) in [5, 5.41) is 1.14. The van der Waals surface area contributed by atoms with Crippen LogP contribution < -0.4 is 0 Å². The summed E-state index contributed by atoms with van der Waals surface area (Å²) in [5.41, 5.74) is 3.80. The molecule has 0 aliphatic heterocycles. The van der Waals surface area contributed by atoms with Crippen molar-refractivity contribution >= 4 is 33.0 Å². The molecule has 3 aromatic carbocycles. The second-order valence-electron chi connectivity index (χ2n) is 5.50. The Morgan fingerprint density at radius 2 is 1.21 bits per heavy atom. The Kier molecular flexibility index (Phi) is 4.68. The lowest BCUT2D eigenvalue weighted by Crippen LogP contribution is -1.96. The van der Waals surface area contributed by atoms with Crippen LogP contribution in [0.5, 0.6) is 0 Å². The molecule has 0 saturated carbocycles. The van der Waals surface area contributed by atoms with Gasteiger partial charge in [-0.15, -0.1) is 0 Å². The highest BCUT2D eigenvalue weighted by Crippen LogP contribution is 2.35. The summed E-state index contributed by atoms with van der Waals surface area (Å²) in [6.45, 7) is 0. The molecule has 0 aliphatic rings. The van der Waals surface area contributed by atoms with Crippen LogP contribution in [0.15, 0.2) is 71.6 Å². The lowest BCUT2D eigenvalue weighted by atomic mass is 9.95. The molecular weight excluding hydrogens is 363 g/mol. The molecule has 3 aromatic rings. The van der Waals surface area contributed by atoms with Gasteiger partial charge in [0.1, 0.15) is 0 Å². The number of hydrogen-bond acceptors (Lipinski definition) is 2. The monoisotopic (exact) mass is 376 g/mol. The Morgan fingerprint density at radius 1 is 0.708 bits per heavy atom. The molecule has 0 unspecified atom stereocenters. The minimum atomic E-state index is -3.21. The second-order valence-corrected chi connectivity index (χ2v) is 8.39. The number of halogens is 2. The van der Waals surface area contributed by atoms with E-state index in [0.29, 0.717) is 14.9 Å². The molecule has 0 spiro atoms. The molecular formula is C19H14Cl2O2S. The van der Waals surface area contributed by atoms with E-state index in [4.69, 9.17) is 23.2 Å². The summed E-state index contributed by atoms with van der Waals surface area (Å²) in [5.74, 6) is 0. The van der Waals surface area contributed by atoms with E-state index in [-0.39, 0.29) is 0 Å².